The topological polar surface area (TPSA) is 30.5 Å². The maximum Gasteiger partial charge on any atom is 0.124 e. The quantitative estimate of drug-likeness (QED) is 0.458. The third-order valence-electron chi connectivity index (χ3n) is 5.78. The number of allylic oxidation sites excluding steroid dienone is 2. The van der Waals surface area contributed by atoms with Crippen LogP contribution < -0.4 is 10.1 Å². The largest absolute Gasteiger partial charge is 0.496 e. The molecule has 0 amide bonds. The van der Waals surface area contributed by atoms with Crippen molar-refractivity contribution in [3.05, 3.63) is 63.6 Å². The van der Waals surface area contributed by atoms with Crippen LogP contribution >= 0.6 is 20.7 Å². The van der Waals surface area contributed by atoms with Gasteiger partial charge in [-0.15, -0.1) is 0 Å². The van der Waals surface area contributed by atoms with Crippen LogP contribution in [0.25, 0.3) is 0 Å². The van der Waals surface area contributed by atoms with Gasteiger partial charge in [0.15, 0.2) is 0 Å². The molecule has 1 aromatic rings. The van der Waals surface area contributed by atoms with Gasteiger partial charge in [0.25, 0.3) is 0 Å². The lowest BCUT2D eigenvalue weighted by molar-refractivity contribution is 0.212. The van der Waals surface area contributed by atoms with Crippen LogP contribution in [0, 0.1) is 18.8 Å². The Bertz CT molecular complexity index is 850. The number of ether oxygens (including phenoxy) is 2. The number of halogens is 1. The van der Waals surface area contributed by atoms with Crippen LogP contribution in [-0.2, 0) is 4.74 Å². The zero-order valence-corrected chi connectivity index (χ0v) is 19.2. The summed E-state index contributed by atoms with van der Waals surface area (Å²) in [4.78, 5) is 0. The van der Waals surface area contributed by atoms with Crippen LogP contribution in [0.1, 0.15) is 43.2 Å². The minimum Gasteiger partial charge on any atom is -0.496 e. The molecule has 4 rings (SSSR count). The van der Waals surface area contributed by atoms with Crippen molar-refractivity contribution in [1.82, 2.24) is 5.32 Å². The highest BCUT2D eigenvalue weighted by Gasteiger charge is 2.40. The zero-order valence-electron chi connectivity index (χ0n) is 17.0. The lowest BCUT2D eigenvalue weighted by Crippen LogP contribution is -2.32. The molecule has 0 aromatic heterocycles. The molecule has 3 aliphatic rings. The molecule has 2 fully saturated rings. The fourth-order valence-corrected chi connectivity index (χ4v) is 5.84. The summed E-state index contributed by atoms with van der Waals surface area (Å²) in [6.45, 7) is 9.61. The number of aryl methyl sites for hydroxylation is 1. The third-order valence-corrected chi connectivity index (χ3v) is 8.72. The Hall–Kier alpha value is -1.56. The molecule has 1 N–H and O–H groups in total. The van der Waals surface area contributed by atoms with Crippen molar-refractivity contribution in [3.8, 4) is 5.75 Å². The highest BCUT2D eigenvalue weighted by Crippen LogP contribution is 2.51. The molecule has 1 heterocycles. The van der Waals surface area contributed by atoms with Crippen LogP contribution in [0.2, 0.25) is 0 Å². The Morgan fingerprint density at radius 2 is 2.14 bits per heavy atom. The third kappa shape index (κ3) is 4.70. The summed E-state index contributed by atoms with van der Waals surface area (Å²) < 4.78 is 15.1. The zero-order chi connectivity index (χ0) is 19.7. The van der Waals surface area contributed by atoms with Crippen LogP contribution in [-0.4, -0.2) is 23.3 Å². The van der Waals surface area contributed by atoms with Crippen LogP contribution in [0.15, 0.2) is 52.5 Å². The molecule has 2 saturated carbocycles. The highest BCUT2D eigenvalue weighted by molar-refractivity contribution is 14.2. The summed E-state index contributed by atoms with van der Waals surface area (Å²) in [6, 6.07) is 6.89. The predicted octanol–water partition coefficient (Wildman–Crippen LogP) is 5.58. The van der Waals surface area contributed by atoms with Gasteiger partial charge >= 0.3 is 0 Å². The normalized spacial score (nSPS) is 24.4. The van der Waals surface area contributed by atoms with Gasteiger partial charge in [-0.25, -0.2) is 0 Å². The number of rotatable bonds is 9. The fourth-order valence-electron chi connectivity index (χ4n) is 3.70. The Kier molecular flexibility index (Phi) is 5.95. The van der Waals surface area contributed by atoms with Gasteiger partial charge in [-0.3, -0.25) is 0 Å². The van der Waals surface area contributed by atoms with Crippen molar-refractivity contribution in [1.29, 1.82) is 0 Å². The van der Waals surface area contributed by atoms with Gasteiger partial charge in [0.2, 0.25) is 0 Å². The van der Waals surface area contributed by atoms with Crippen molar-refractivity contribution in [3.63, 3.8) is 0 Å². The van der Waals surface area contributed by atoms with Gasteiger partial charge < -0.3 is 14.8 Å². The molecule has 0 saturated heterocycles. The van der Waals surface area contributed by atoms with Crippen molar-refractivity contribution in [2.45, 2.75) is 45.1 Å². The van der Waals surface area contributed by atoms with E-state index in [1.54, 1.807) is 7.11 Å². The average Bonchev–Trinajstić information content (AvgIpc) is 3.61. The van der Waals surface area contributed by atoms with E-state index in [-0.39, 0.29) is 20.7 Å². The Morgan fingerprint density at radius 1 is 1.32 bits per heavy atom. The van der Waals surface area contributed by atoms with Crippen molar-refractivity contribution < 1.29 is 9.47 Å². The monoisotopic (exact) mass is 491 g/mol. The number of nitrogens with one attached hydrogen (secondary N) is 1. The maximum absolute atomic E-state index is 5.90. The molecule has 0 unspecified atom stereocenters. The first-order valence-corrected chi connectivity index (χ1v) is 12.5. The van der Waals surface area contributed by atoms with Gasteiger partial charge in [-0.1, -0.05) is 39.4 Å². The molecule has 2 aliphatic carbocycles. The van der Waals surface area contributed by atoms with Gasteiger partial charge in [-0.2, -0.15) is 0 Å². The summed E-state index contributed by atoms with van der Waals surface area (Å²) >= 11 is -0.116. The van der Waals surface area contributed by atoms with E-state index in [1.165, 1.54) is 39.6 Å². The van der Waals surface area contributed by atoms with Crippen molar-refractivity contribution >= 4 is 24.2 Å². The standard InChI is InChI=1S/C24H30INO2/c1-15-11-19(7-10-24(15)27-4)22-12-21(22)16(2)26-17(3)23-9-8-20(13-25-23)28-14-18-5-6-18/h7-11,13,17-18,21-22,26H,2,5-6,12,14H2,1,3-4H3/t17-,21+,22+/m1/s1. The van der Waals surface area contributed by atoms with E-state index in [4.69, 9.17) is 9.47 Å². The van der Waals surface area contributed by atoms with Crippen LogP contribution in [0.4, 0.5) is 0 Å². The van der Waals surface area contributed by atoms with E-state index in [0.29, 0.717) is 17.9 Å². The fraction of sp³-hybridized carbons (Fsp3) is 0.458. The summed E-state index contributed by atoms with van der Waals surface area (Å²) in [6.07, 6.45) is 8.26. The lowest BCUT2D eigenvalue weighted by Gasteiger charge is -2.20. The first-order valence-electron chi connectivity index (χ1n) is 10.2. The molecule has 1 aliphatic heterocycles. The predicted molar refractivity (Wildman–Crippen MR) is 125 cm³/mol. The van der Waals surface area contributed by atoms with E-state index in [1.807, 2.05) is 0 Å². The Balaban J connectivity index is 1.29. The lowest BCUT2D eigenvalue weighted by atomic mass is 10.0. The summed E-state index contributed by atoms with van der Waals surface area (Å²) in [5.74, 6) is 3.97. The number of hydrogen-bond acceptors (Lipinski definition) is 3. The summed E-state index contributed by atoms with van der Waals surface area (Å²) in [7, 11) is 1.73. The number of hydrogen-bond donors (Lipinski definition) is 1. The molecule has 0 bridgehead atoms. The summed E-state index contributed by atoms with van der Waals surface area (Å²) in [5, 5.41) is 3.67. The molecular weight excluding hydrogens is 461 g/mol. The molecule has 3 atom stereocenters. The molecule has 4 heteroatoms. The molecule has 150 valence electrons. The SMILES string of the molecule is C=C(N[C@H](C)C1=IC=C(OCC2CC2)C=C1)[C@@H]1C[C@H]1c1ccc(OC)c(C)c1. The minimum absolute atomic E-state index is 0.116. The minimum atomic E-state index is -0.116. The summed E-state index contributed by atoms with van der Waals surface area (Å²) in [5.41, 5.74) is 3.78. The number of methoxy groups -OCH3 is 1. The van der Waals surface area contributed by atoms with Crippen LogP contribution in [0.5, 0.6) is 5.75 Å². The first kappa shape index (κ1) is 19.7. The Morgan fingerprint density at radius 3 is 2.79 bits per heavy atom. The molecule has 0 radical (unpaired) electrons. The van der Waals surface area contributed by atoms with Gasteiger partial charge in [0.1, 0.15) is 11.5 Å². The van der Waals surface area contributed by atoms with Gasteiger partial charge in [-0.05, 0) is 74.3 Å². The van der Waals surface area contributed by atoms with Gasteiger partial charge in [0.05, 0.1) is 19.8 Å². The molecule has 3 nitrogen and oxygen atoms in total. The molecule has 28 heavy (non-hydrogen) atoms. The molecule has 0 spiro atoms. The van der Waals surface area contributed by atoms with Crippen molar-refractivity contribution in [2.24, 2.45) is 11.8 Å². The van der Waals surface area contributed by atoms with Gasteiger partial charge in [0, 0.05) is 19.2 Å². The second-order valence-electron chi connectivity index (χ2n) is 8.16. The smallest absolute Gasteiger partial charge is 0.124 e. The number of benzene rings is 1. The second kappa shape index (κ2) is 8.44. The van der Waals surface area contributed by atoms with E-state index in [0.717, 1.165) is 24.0 Å². The Labute approximate surface area is 178 Å². The van der Waals surface area contributed by atoms with E-state index >= 15 is 0 Å². The van der Waals surface area contributed by atoms with E-state index < -0.39 is 0 Å². The maximum atomic E-state index is 5.90. The first-order chi connectivity index (χ1) is 13.5. The highest BCUT2D eigenvalue weighted by atomic mass is 127. The van der Waals surface area contributed by atoms with E-state index in [2.05, 4.69) is 60.2 Å². The molecule has 1 aromatic carbocycles. The average molecular weight is 491 g/mol. The van der Waals surface area contributed by atoms with E-state index in [9.17, 15) is 0 Å². The second-order valence-corrected chi connectivity index (χ2v) is 10.7. The van der Waals surface area contributed by atoms with Crippen molar-refractivity contribution in [2.75, 3.05) is 13.7 Å². The molecular formula is C24H30INO2. The van der Waals surface area contributed by atoms with Crippen LogP contribution in [0.3, 0.4) is 0 Å².